The van der Waals surface area contributed by atoms with Gasteiger partial charge in [-0.2, -0.15) is 0 Å². The number of allylic oxidation sites excluding steroid dienone is 12. The van der Waals surface area contributed by atoms with Gasteiger partial charge in [-0.1, -0.05) is 305 Å². The lowest BCUT2D eigenvalue weighted by Gasteiger charge is -2.26. The number of aliphatic hydroxyl groups excluding tert-OH is 1. The Morgan fingerprint density at radius 1 is 0.455 bits per heavy atom. The van der Waals surface area contributed by atoms with Crippen molar-refractivity contribution in [3.8, 4) is 0 Å². The van der Waals surface area contributed by atoms with Crippen LogP contribution in [0.25, 0.3) is 0 Å². The highest BCUT2D eigenvalue weighted by molar-refractivity contribution is 7.47. The molecule has 77 heavy (non-hydrogen) atoms. The largest absolute Gasteiger partial charge is 0.472 e. The van der Waals surface area contributed by atoms with Gasteiger partial charge in [-0.25, -0.2) is 4.57 Å². The van der Waals surface area contributed by atoms with Gasteiger partial charge in [0, 0.05) is 6.42 Å². The van der Waals surface area contributed by atoms with Crippen LogP contribution in [0.2, 0.25) is 0 Å². The van der Waals surface area contributed by atoms with Crippen LogP contribution in [0.5, 0.6) is 0 Å². The maximum atomic E-state index is 13.0. The Morgan fingerprint density at radius 2 is 0.779 bits per heavy atom. The number of hydrogen-bond donors (Lipinski definition) is 3. The van der Waals surface area contributed by atoms with Crippen LogP contribution in [0.1, 0.15) is 303 Å². The molecule has 9 heteroatoms. The lowest BCUT2D eigenvalue weighted by atomic mass is 10.0. The quantitative estimate of drug-likeness (QED) is 0.0243. The zero-order valence-electron chi connectivity index (χ0n) is 51.4. The molecule has 450 valence electrons. The van der Waals surface area contributed by atoms with E-state index >= 15 is 0 Å². The van der Waals surface area contributed by atoms with Crippen LogP contribution >= 0.6 is 7.82 Å². The van der Waals surface area contributed by atoms with Crippen molar-refractivity contribution in [3.63, 3.8) is 0 Å². The molecule has 0 saturated heterocycles. The summed E-state index contributed by atoms with van der Waals surface area (Å²) >= 11 is 0. The molecule has 0 spiro atoms. The Labute approximate surface area is 478 Å². The summed E-state index contributed by atoms with van der Waals surface area (Å²) < 4.78 is 23.8. The number of quaternary nitrogens is 1. The van der Waals surface area contributed by atoms with E-state index < -0.39 is 20.0 Å². The van der Waals surface area contributed by atoms with Gasteiger partial charge in [-0.05, 0) is 64.2 Å². The van der Waals surface area contributed by atoms with E-state index in [0.29, 0.717) is 23.9 Å². The number of nitrogens with zero attached hydrogens (tertiary/aromatic N) is 1. The van der Waals surface area contributed by atoms with E-state index in [4.69, 9.17) is 9.05 Å². The van der Waals surface area contributed by atoms with Gasteiger partial charge in [-0.3, -0.25) is 13.8 Å². The van der Waals surface area contributed by atoms with Crippen molar-refractivity contribution < 1.29 is 32.9 Å². The van der Waals surface area contributed by atoms with Gasteiger partial charge >= 0.3 is 7.82 Å². The Kier molecular flexibility index (Phi) is 57.0. The fourth-order valence-corrected chi connectivity index (χ4v) is 10.4. The highest BCUT2D eigenvalue weighted by Gasteiger charge is 2.28. The van der Waals surface area contributed by atoms with E-state index in [-0.39, 0.29) is 19.1 Å². The molecule has 0 aliphatic rings. The van der Waals surface area contributed by atoms with Gasteiger partial charge in [0.2, 0.25) is 5.91 Å². The Hall–Kier alpha value is -2.06. The van der Waals surface area contributed by atoms with Gasteiger partial charge in [0.05, 0.1) is 39.9 Å². The number of carbonyl (C=O) groups is 1. The summed E-state index contributed by atoms with van der Waals surface area (Å²) in [5.74, 6) is -0.167. The van der Waals surface area contributed by atoms with Crippen molar-refractivity contribution >= 4 is 13.7 Å². The molecule has 0 aromatic heterocycles. The number of unbranched alkanes of at least 4 members (excludes halogenated alkanes) is 35. The first-order valence-corrected chi connectivity index (χ1v) is 34.3. The molecule has 0 heterocycles. The second-order valence-electron chi connectivity index (χ2n) is 23.5. The van der Waals surface area contributed by atoms with Crippen molar-refractivity contribution in [1.29, 1.82) is 0 Å². The summed E-state index contributed by atoms with van der Waals surface area (Å²) in [5, 5.41) is 14.1. The third-order valence-corrected chi connectivity index (χ3v) is 15.7. The molecule has 3 unspecified atom stereocenters. The highest BCUT2D eigenvalue weighted by atomic mass is 31.2. The summed E-state index contributed by atoms with van der Waals surface area (Å²) in [4.78, 5) is 23.4. The van der Waals surface area contributed by atoms with Crippen LogP contribution in [-0.4, -0.2) is 73.4 Å². The number of aliphatic hydroxyl groups is 1. The monoisotopic (exact) mass is 1100 g/mol. The van der Waals surface area contributed by atoms with E-state index in [1.165, 1.54) is 186 Å². The fourth-order valence-electron chi connectivity index (χ4n) is 9.64. The third kappa shape index (κ3) is 61.4. The normalized spacial score (nSPS) is 14.2. The fraction of sp³-hybridized carbons (Fsp3) is 0.809. The minimum absolute atomic E-state index is 0.0661. The number of hydrogen-bond acceptors (Lipinski definition) is 5. The van der Waals surface area contributed by atoms with Crippen LogP contribution in [0, 0.1) is 0 Å². The molecule has 0 bridgehead atoms. The average Bonchev–Trinajstić information content (AvgIpc) is 3.39. The van der Waals surface area contributed by atoms with E-state index in [1.807, 2.05) is 21.1 Å². The Bertz CT molecular complexity index is 1480. The maximum absolute atomic E-state index is 13.0. The molecule has 3 N–H and O–H groups in total. The van der Waals surface area contributed by atoms with Crippen molar-refractivity contribution in [2.24, 2.45) is 0 Å². The topological polar surface area (TPSA) is 105 Å². The molecular formula is C68H128N2O6P+. The van der Waals surface area contributed by atoms with Gasteiger partial charge in [0.15, 0.2) is 0 Å². The summed E-state index contributed by atoms with van der Waals surface area (Å²) in [6.45, 7) is 4.78. The number of carbonyl (C=O) groups excluding carboxylic acids is 1. The molecule has 0 aromatic rings. The summed E-state index contributed by atoms with van der Waals surface area (Å²) in [6, 6.07) is -0.781. The van der Waals surface area contributed by atoms with Crippen molar-refractivity contribution in [2.75, 3.05) is 40.9 Å². The molecule has 1 amide bonds. The first-order valence-electron chi connectivity index (χ1n) is 32.8. The average molecular weight is 1100 g/mol. The van der Waals surface area contributed by atoms with Gasteiger partial charge < -0.3 is 19.8 Å². The van der Waals surface area contributed by atoms with Crippen LogP contribution in [0.15, 0.2) is 72.9 Å². The molecule has 0 fully saturated rings. The number of likely N-dealkylation sites (N-methyl/N-ethyl adjacent to an activating group) is 1. The van der Waals surface area contributed by atoms with E-state index in [2.05, 4.69) is 92.1 Å². The van der Waals surface area contributed by atoms with E-state index in [9.17, 15) is 19.4 Å². The molecule has 0 rings (SSSR count). The highest BCUT2D eigenvalue weighted by Crippen LogP contribution is 2.43. The molecular weight excluding hydrogens is 972 g/mol. The van der Waals surface area contributed by atoms with E-state index in [0.717, 1.165) is 89.9 Å². The first-order chi connectivity index (χ1) is 37.5. The van der Waals surface area contributed by atoms with Gasteiger partial charge in [0.25, 0.3) is 0 Å². The van der Waals surface area contributed by atoms with Gasteiger partial charge in [-0.15, -0.1) is 0 Å². The molecule has 0 radical (unpaired) electrons. The van der Waals surface area contributed by atoms with Crippen molar-refractivity contribution in [2.45, 2.75) is 315 Å². The van der Waals surface area contributed by atoms with Crippen LogP contribution in [0.3, 0.4) is 0 Å². The first kappa shape index (κ1) is 74.9. The predicted molar refractivity (Wildman–Crippen MR) is 337 cm³/mol. The lowest BCUT2D eigenvalue weighted by molar-refractivity contribution is -0.870. The maximum Gasteiger partial charge on any atom is 0.472 e. The molecule has 0 saturated carbocycles. The van der Waals surface area contributed by atoms with E-state index in [1.54, 1.807) is 0 Å². The second-order valence-corrected chi connectivity index (χ2v) is 24.9. The summed E-state index contributed by atoms with van der Waals surface area (Å²) in [6.07, 6.45) is 81.4. The molecule has 0 aromatic carbocycles. The van der Waals surface area contributed by atoms with Crippen LogP contribution in [-0.2, 0) is 18.4 Å². The molecule has 0 aliphatic carbocycles. The number of phosphoric acid groups is 1. The van der Waals surface area contributed by atoms with Crippen LogP contribution in [0.4, 0.5) is 0 Å². The number of rotatable bonds is 60. The Morgan fingerprint density at radius 3 is 1.14 bits per heavy atom. The Balaban J connectivity index is 4.10. The van der Waals surface area contributed by atoms with Crippen molar-refractivity contribution in [3.05, 3.63) is 72.9 Å². The molecule has 3 atom stereocenters. The number of nitrogens with one attached hydrogen (secondary N) is 1. The lowest BCUT2D eigenvalue weighted by Crippen LogP contribution is -2.46. The zero-order chi connectivity index (χ0) is 56.3. The smallest absolute Gasteiger partial charge is 0.391 e. The molecule has 0 aliphatic heterocycles. The van der Waals surface area contributed by atoms with Gasteiger partial charge in [0.1, 0.15) is 13.2 Å². The zero-order valence-corrected chi connectivity index (χ0v) is 52.3. The predicted octanol–water partition coefficient (Wildman–Crippen LogP) is 20.6. The second kappa shape index (κ2) is 58.6. The minimum Gasteiger partial charge on any atom is -0.391 e. The SMILES string of the molecule is CC/C=C\C/C=C\C/C=C\C/C=C\C/C=C\C/C=C\CCCCCCC(=O)NC(COP(=O)(O)OCC[N+](C)(C)C)C(O)CCCCCCCCCCCCCCCCCCCCCCCCCCCCCCCCCC. The van der Waals surface area contributed by atoms with Crippen molar-refractivity contribution in [1.82, 2.24) is 5.32 Å². The minimum atomic E-state index is -4.34. The number of phosphoric ester groups is 1. The van der Waals surface area contributed by atoms with Crippen LogP contribution < -0.4 is 5.32 Å². The summed E-state index contributed by atoms with van der Waals surface area (Å²) in [7, 11) is 1.60. The third-order valence-electron chi connectivity index (χ3n) is 14.7. The molecule has 8 nitrogen and oxygen atoms in total. The standard InChI is InChI=1S/C68H127N2O6P/c1-6-8-10-12-14-16-18-20-22-24-26-28-30-31-32-33-34-35-36-37-38-40-41-43-45-47-49-51-53-55-57-59-61-67(71)66(65-76-77(73,74)75-64-63-70(3,4)5)69-68(72)62-60-58-56-54-52-50-48-46-44-42-39-29-27-25-23-21-19-17-15-13-11-9-7-2/h9,11,15,17,21,23,27,29,42,44,48,50,66-67,71H,6-8,10,12-14,16,18-20,22,24-26,28,30-41,43,45-47,49,51-65H2,1-5H3,(H-,69,72,73,74)/p+1/b11-9-,17-15-,23-21-,29-27-,44-42-,50-48-. The number of amides is 1. The summed E-state index contributed by atoms with van der Waals surface area (Å²) in [5.41, 5.74) is 0.